The van der Waals surface area contributed by atoms with Gasteiger partial charge >= 0.3 is 0 Å². The van der Waals surface area contributed by atoms with Crippen LogP contribution >= 0.6 is 11.6 Å². The molecule has 0 atom stereocenters. The van der Waals surface area contributed by atoms with E-state index in [1.165, 1.54) is 18.5 Å². The minimum atomic E-state index is -1.13. The predicted molar refractivity (Wildman–Crippen MR) is 157 cm³/mol. The molecule has 0 aliphatic carbocycles. The molecule has 42 heavy (non-hydrogen) atoms. The number of benzene rings is 3. The van der Waals surface area contributed by atoms with Crippen LogP contribution in [0.25, 0.3) is 10.9 Å². The van der Waals surface area contributed by atoms with Gasteiger partial charge in [0.15, 0.2) is 5.83 Å². The van der Waals surface area contributed by atoms with Gasteiger partial charge in [-0.05, 0) is 42.0 Å². The van der Waals surface area contributed by atoms with Crippen LogP contribution in [0, 0.1) is 5.82 Å². The molecule has 2 N–H and O–H groups in total. The summed E-state index contributed by atoms with van der Waals surface area (Å²) in [7, 11) is 0. The fourth-order valence-electron chi connectivity index (χ4n) is 4.32. The molecule has 0 unspecified atom stereocenters. The van der Waals surface area contributed by atoms with E-state index in [0.29, 0.717) is 70.9 Å². The summed E-state index contributed by atoms with van der Waals surface area (Å²) in [6.45, 7) is 7.16. The smallest absolute Gasteiger partial charge is 0.283 e. The van der Waals surface area contributed by atoms with Gasteiger partial charge in [0.2, 0.25) is 0 Å². The van der Waals surface area contributed by atoms with E-state index in [1.54, 1.807) is 42.5 Å². The number of aromatic nitrogens is 2. The number of nitrogens with one attached hydrogen (secondary N) is 2. The van der Waals surface area contributed by atoms with E-state index in [0.717, 1.165) is 13.1 Å². The quantitative estimate of drug-likeness (QED) is 0.208. The molecule has 9 nitrogen and oxygen atoms in total. The fourth-order valence-corrected chi connectivity index (χ4v) is 4.56. The zero-order chi connectivity index (χ0) is 29.5. The van der Waals surface area contributed by atoms with Crippen molar-refractivity contribution >= 4 is 45.6 Å². The van der Waals surface area contributed by atoms with Crippen LogP contribution in [0.5, 0.6) is 11.5 Å². The molecule has 1 saturated heterocycles. The Morgan fingerprint density at radius 3 is 2.67 bits per heavy atom. The summed E-state index contributed by atoms with van der Waals surface area (Å²) in [5.41, 5.74) is 2.05. The van der Waals surface area contributed by atoms with Gasteiger partial charge in [0.25, 0.3) is 5.91 Å². The van der Waals surface area contributed by atoms with Crippen LogP contribution in [0.15, 0.2) is 73.3 Å². The van der Waals surface area contributed by atoms with Crippen molar-refractivity contribution in [1.29, 1.82) is 0 Å². The minimum absolute atomic E-state index is 0.150. The molecular formula is C30H28ClF2N5O4. The predicted octanol–water partition coefficient (Wildman–Crippen LogP) is 5.88. The standard InChI is InChI=1S/C30H28ClF2N5O4/c1-19(32)30(39)37-26-15-23-25(16-28(26)41-12-9-38-7-10-40-11-8-38)34-18-35-29(23)36-22-5-6-27(24(31)14-22)42-17-20-3-2-4-21(33)13-20/h2-6,13-16,18H,1,7-12,17H2,(H,37,39)(H,34,35,36). The molecule has 1 aliphatic rings. The summed E-state index contributed by atoms with van der Waals surface area (Å²) in [4.78, 5) is 23.1. The van der Waals surface area contributed by atoms with E-state index >= 15 is 0 Å². The van der Waals surface area contributed by atoms with Crippen LogP contribution in [-0.4, -0.2) is 60.2 Å². The number of carbonyl (C=O) groups is 1. The highest BCUT2D eigenvalue weighted by Gasteiger charge is 2.17. The second kappa shape index (κ2) is 13.6. The third-order valence-electron chi connectivity index (χ3n) is 6.48. The summed E-state index contributed by atoms with van der Waals surface area (Å²) >= 11 is 6.46. The Labute approximate surface area is 246 Å². The Morgan fingerprint density at radius 1 is 1.07 bits per heavy atom. The van der Waals surface area contributed by atoms with Crippen molar-refractivity contribution in [2.45, 2.75) is 6.61 Å². The van der Waals surface area contributed by atoms with Gasteiger partial charge in [-0.15, -0.1) is 0 Å². The molecule has 1 fully saturated rings. The van der Waals surface area contributed by atoms with E-state index in [4.69, 9.17) is 25.8 Å². The Kier molecular flexibility index (Phi) is 9.42. The average molecular weight is 596 g/mol. The number of fused-ring (bicyclic) bond motifs is 1. The minimum Gasteiger partial charge on any atom is -0.490 e. The maximum atomic E-state index is 13.6. The first-order chi connectivity index (χ1) is 20.4. The van der Waals surface area contributed by atoms with Crippen molar-refractivity contribution in [2.75, 3.05) is 50.1 Å². The average Bonchev–Trinajstić information content (AvgIpc) is 2.98. The lowest BCUT2D eigenvalue weighted by Crippen LogP contribution is -2.38. The SMILES string of the molecule is C=C(F)C(=O)Nc1cc2c(Nc3ccc(OCc4cccc(F)c4)c(Cl)c3)ncnc2cc1OCCN1CCOCC1. The molecule has 4 aromatic rings. The molecule has 0 saturated carbocycles. The van der Waals surface area contributed by atoms with Crippen LogP contribution in [0.3, 0.4) is 0 Å². The second-order valence-corrected chi connectivity index (χ2v) is 9.85. The third-order valence-corrected chi connectivity index (χ3v) is 6.77. The lowest BCUT2D eigenvalue weighted by Gasteiger charge is -2.26. The van der Waals surface area contributed by atoms with Crippen LogP contribution in [0.1, 0.15) is 5.56 Å². The topological polar surface area (TPSA) is 97.8 Å². The summed E-state index contributed by atoms with van der Waals surface area (Å²) < 4.78 is 44.2. The van der Waals surface area contributed by atoms with E-state index in [2.05, 4.69) is 32.1 Å². The number of hydrogen-bond acceptors (Lipinski definition) is 8. The zero-order valence-electron chi connectivity index (χ0n) is 22.5. The van der Waals surface area contributed by atoms with Gasteiger partial charge < -0.3 is 24.8 Å². The number of ether oxygens (including phenoxy) is 3. The summed E-state index contributed by atoms with van der Waals surface area (Å²) in [5.74, 6) is -1.29. The summed E-state index contributed by atoms with van der Waals surface area (Å²) in [5, 5.41) is 6.59. The number of morpholine rings is 1. The zero-order valence-corrected chi connectivity index (χ0v) is 23.3. The molecule has 12 heteroatoms. The number of amides is 1. The van der Waals surface area contributed by atoms with E-state index in [1.807, 2.05) is 0 Å². The van der Waals surface area contributed by atoms with Gasteiger partial charge in [0.1, 0.15) is 42.7 Å². The number of carbonyl (C=O) groups excluding carboxylic acids is 1. The van der Waals surface area contributed by atoms with Crippen molar-refractivity contribution in [3.05, 3.63) is 89.7 Å². The van der Waals surface area contributed by atoms with Crippen molar-refractivity contribution in [3.63, 3.8) is 0 Å². The Bertz CT molecular complexity index is 1600. The lowest BCUT2D eigenvalue weighted by molar-refractivity contribution is -0.114. The molecule has 5 rings (SSSR count). The molecule has 3 aromatic carbocycles. The summed E-state index contributed by atoms with van der Waals surface area (Å²) in [6, 6.07) is 14.5. The first-order valence-electron chi connectivity index (χ1n) is 13.2. The molecule has 2 heterocycles. The van der Waals surface area contributed by atoms with Gasteiger partial charge in [0, 0.05) is 36.8 Å². The van der Waals surface area contributed by atoms with Crippen LogP contribution in [0.2, 0.25) is 5.02 Å². The van der Waals surface area contributed by atoms with E-state index in [9.17, 15) is 13.6 Å². The molecule has 218 valence electrons. The van der Waals surface area contributed by atoms with Crippen LogP contribution < -0.4 is 20.1 Å². The first kappa shape index (κ1) is 29.2. The van der Waals surface area contributed by atoms with E-state index in [-0.39, 0.29) is 18.1 Å². The fraction of sp³-hybridized carbons (Fsp3) is 0.233. The van der Waals surface area contributed by atoms with Gasteiger partial charge in [-0.25, -0.2) is 18.7 Å². The number of hydrogen-bond donors (Lipinski definition) is 2. The number of nitrogens with zero attached hydrogens (tertiary/aromatic N) is 3. The number of anilines is 3. The van der Waals surface area contributed by atoms with Gasteiger partial charge in [-0.3, -0.25) is 9.69 Å². The van der Waals surface area contributed by atoms with Crippen LogP contribution in [-0.2, 0) is 16.1 Å². The highest BCUT2D eigenvalue weighted by Crippen LogP contribution is 2.35. The maximum Gasteiger partial charge on any atom is 0.283 e. The second-order valence-electron chi connectivity index (χ2n) is 9.44. The Hall–Kier alpha value is -4.32. The lowest BCUT2D eigenvalue weighted by atomic mass is 10.1. The molecule has 0 radical (unpaired) electrons. The van der Waals surface area contributed by atoms with Crippen molar-refractivity contribution in [1.82, 2.24) is 14.9 Å². The first-order valence-corrected chi connectivity index (χ1v) is 13.5. The van der Waals surface area contributed by atoms with Gasteiger partial charge in [-0.1, -0.05) is 30.3 Å². The molecule has 1 aliphatic heterocycles. The Morgan fingerprint density at radius 2 is 1.90 bits per heavy atom. The molecule has 0 spiro atoms. The van der Waals surface area contributed by atoms with E-state index < -0.39 is 11.7 Å². The Balaban J connectivity index is 1.35. The van der Waals surface area contributed by atoms with Crippen molar-refractivity contribution in [2.24, 2.45) is 0 Å². The van der Waals surface area contributed by atoms with Crippen LogP contribution in [0.4, 0.5) is 26.0 Å². The van der Waals surface area contributed by atoms with Gasteiger partial charge in [0.05, 0.1) is 29.4 Å². The van der Waals surface area contributed by atoms with Crippen molar-refractivity contribution in [3.8, 4) is 11.5 Å². The summed E-state index contributed by atoms with van der Waals surface area (Å²) in [6.07, 6.45) is 1.39. The highest BCUT2D eigenvalue weighted by atomic mass is 35.5. The third kappa shape index (κ3) is 7.49. The molecule has 0 bridgehead atoms. The van der Waals surface area contributed by atoms with Crippen molar-refractivity contribution < 1.29 is 27.8 Å². The number of rotatable bonds is 11. The highest BCUT2D eigenvalue weighted by molar-refractivity contribution is 6.32. The number of halogens is 3. The molecule has 1 amide bonds. The monoisotopic (exact) mass is 595 g/mol. The molecular weight excluding hydrogens is 568 g/mol. The molecule has 1 aromatic heterocycles. The largest absolute Gasteiger partial charge is 0.490 e. The van der Waals surface area contributed by atoms with Gasteiger partial charge in [-0.2, -0.15) is 0 Å². The normalized spacial score (nSPS) is 13.5. The maximum absolute atomic E-state index is 13.6.